The van der Waals surface area contributed by atoms with Gasteiger partial charge in [-0.25, -0.2) is 0 Å². The molecule has 1 heterocycles. The number of benzene rings is 1. The largest absolute Gasteiger partial charge is 0.494 e. The highest BCUT2D eigenvalue weighted by atomic mass is 16.5. The van der Waals surface area contributed by atoms with E-state index in [-0.39, 0.29) is 0 Å². The molecule has 1 unspecified atom stereocenters. The summed E-state index contributed by atoms with van der Waals surface area (Å²) in [5.74, 6) is 1.75. The zero-order valence-corrected chi connectivity index (χ0v) is 15.8. The molecule has 140 valence electrons. The molecule has 0 saturated carbocycles. The van der Waals surface area contributed by atoms with E-state index < -0.39 is 0 Å². The molecule has 6 nitrogen and oxygen atoms in total. The van der Waals surface area contributed by atoms with E-state index in [0.717, 1.165) is 43.5 Å². The molecule has 25 heavy (non-hydrogen) atoms. The molecule has 1 aromatic rings. The first kappa shape index (κ1) is 19.5. The lowest BCUT2D eigenvalue weighted by atomic mass is 10.2. The van der Waals surface area contributed by atoms with Crippen molar-refractivity contribution < 1.29 is 9.47 Å². The summed E-state index contributed by atoms with van der Waals surface area (Å²) in [5, 5.41) is 6.84. The zero-order chi connectivity index (χ0) is 17.9. The normalized spacial score (nSPS) is 18.4. The van der Waals surface area contributed by atoms with E-state index in [1.165, 1.54) is 12.8 Å². The van der Waals surface area contributed by atoms with Gasteiger partial charge in [0.2, 0.25) is 0 Å². The van der Waals surface area contributed by atoms with Gasteiger partial charge < -0.3 is 20.1 Å². The number of rotatable bonds is 9. The van der Waals surface area contributed by atoms with E-state index in [1.807, 2.05) is 25.1 Å². The summed E-state index contributed by atoms with van der Waals surface area (Å²) in [6.45, 7) is 7.20. The minimum Gasteiger partial charge on any atom is -0.494 e. The third-order valence-electron chi connectivity index (χ3n) is 4.53. The van der Waals surface area contributed by atoms with Crippen molar-refractivity contribution in [3.05, 3.63) is 29.8 Å². The van der Waals surface area contributed by atoms with Crippen molar-refractivity contribution in [2.75, 3.05) is 47.0 Å². The Labute approximate surface area is 151 Å². The Morgan fingerprint density at radius 3 is 2.92 bits per heavy atom. The predicted octanol–water partition coefficient (Wildman–Crippen LogP) is 1.86. The van der Waals surface area contributed by atoms with Gasteiger partial charge in [-0.1, -0.05) is 18.2 Å². The number of likely N-dealkylation sites (tertiary alicyclic amines) is 1. The second-order valence-electron chi connectivity index (χ2n) is 6.17. The van der Waals surface area contributed by atoms with Gasteiger partial charge in [0.1, 0.15) is 5.75 Å². The lowest BCUT2D eigenvalue weighted by Crippen LogP contribution is -2.45. The average Bonchev–Trinajstić information content (AvgIpc) is 3.09. The molecule has 0 aromatic heterocycles. The first-order chi connectivity index (χ1) is 12.3. The van der Waals surface area contributed by atoms with Gasteiger partial charge in [0.05, 0.1) is 13.2 Å². The highest BCUT2D eigenvalue weighted by Crippen LogP contribution is 2.18. The van der Waals surface area contributed by atoms with Gasteiger partial charge in [0, 0.05) is 45.4 Å². The number of ether oxygens (including phenoxy) is 2. The third kappa shape index (κ3) is 6.21. The van der Waals surface area contributed by atoms with E-state index in [2.05, 4.69) is 26.6 Å². The van der Waals surface area contributed by atoms with Crippen molar-refractivity contribution in [3.63, 3.8) is 0 Å². The van der Waals surface area contributed by atoms with Crippen LogP contribution < -0.4 is 15.4 Å². The second kappa shape index (κ2) is 10.9. The molecular formula is C19H32N4O2. The number of nitrogens with zero attached hydrogens (tertiary/aromatic N) is 2. The van der Waals surface area contributed by atoms with E-state index >= 15 is 0 Å². The third-order valence-corrected chi connectivity index (χ3v) is 4.53. The Kier molecular flexibility index (Phi) is 8.55. The van der Waals surface area contributed by atoms with Crippen LogP contribution in [0.5, 0.6) is 5.75 Å². The Balaban J connectivity index is 1.81. The fourth-order valence-electron chi connectivity index (χ4n) is 3.19. The van der Waals surface area contributed by atoms with Crippen LogP contribution in [0.4, 0.5) is 0 Å². The lowest BCUT2D eigenvalue weighted by Gasteiger charge is -2.25. The minimum absolute atomic E-state index is 0.546. The smallest absolute Gasteiger partial charge is 0.191 e. The second-order valence-corrected chi connectivity index (χ2v) is 6.17. The van der Waals surface area contributed by atoms with E-state index in [9.17, 15) is 0 Å². The summed E-state index contributed by atoms with van der Waals surface area (Å²) in [6.07, 6.45) is 2.48. The first-order valence-electron chi connectivity index (χ1n) is 9.16. The van der Waals surface area contributed by atoms with E-state index in [0.29, 0.717) is 19.2 Å². The maximum Gasteiger partial charge on any atom is 0.191 e. The van der Waals surface area contributed by atoms with Crippen LogP contribution in [0.25, 0.3) is 0 Å². The van der Waals surface area contributed by atoms with Gasteiger partial charge in [-0.05, 0) is 32.4 Å². The van der Waals surface area contributed by atoms with Crippen molar-refractivity contribution in [2.24, 2.45) is 4.99 Å². The van der Waals surface area contributed by atoms with Crippen molar-refractivity contribution in [2.45, 2.75) is 32.4 Å². The van der Waals surface area contributed by atoms with Crippen LogP contribution in [0.2, 0.25) is 0 Å². The molecule has 6 heteroatoms. The van der Waals surface area contributed by atoms with Crippen LogP contribution in [-0.2, 0) is 11.3 Å². The summed E-state index contributed by atoms with van der Waals surface area (Å²) < 4.78 is 10.9. The summed E-state index contributed by atoms with van der Waals surface area (Å²) in [7, 11) is 3.57. The van der Waals surface area contributed by atoms with Crippen LogP contribution >= 0.6 is 0 Å². The van der Waals surface area contributed by atoms with Crippen molar-refractivity contribution in [3.8, 4) is 5.75 Å². The Hall–Kier alpha value is -1.79. The topological polar surface area (TPSA) is 58.1 Å². The maximum atomic E-state index is 5.68. The highest BCUT2D eigenvalue weighted by Gasteiger charge is 2.23. The number of hydrogen-bond donors (Lipinski definition) is 2. The fraction of sp³-hybridized carbons (Fsp3) is 0.632. The van der Waals surface area contributed by atoms with Gasteiger partial charge in [0.15, 0.2) is 5.96 Å². The molecule has 0 spiro atoms. The number of para-hydroxylation sites is 1. The molecule has 1 atom stereocenters. The van der Waals surface area contributed by atoms with Gasteiger partial charge in [0.25, 0.3) is 0 Å². The van der Waals surface area contributed by atoms with Gasteiger partial charge in [-0.2, -0.15) is 0 Å². The monoisotopic (exact) mass is 348 g/mol. The number of aliphatic imine (C=N–C) groups is 1. The standard InChI is InChI=1S/C19H32N4O2/c1-4-25-18-10-6-5-8-16(18)14-21-19(20-2)22-15-17-9-7-11-23(17)12-13-24-3/h5-6,8,10,17H,4,7,9,11-15H2,1-3H3,(H2,20,21,22). The molecule has 0 bridgehead atoms. The van der Waals surface area contributed by atoms with Crippen LogP contribution in [0, 0.1) is 0 Å². The van der Waals surface area contributed by atoms with Crippen molar-refractivity contribution in [1.82, 2.24) is 15.5 Å². The number of nitrogens with one attached hydrogen (secondary N) is 2. The number of methoxy groups -OCH3 is 1. The molecule has 2 N–H and O–H groups in total. The summed E-state index contributed by atoms with van der Waals surface area (Å²) in [5.41, 5.74) is 1.13. The predicted molar refractivity (Wildman–Crippen MR) is 102 cm³/mol. The Bertz CT molecular complexity index is 536. The summed E-state index contributed by atoms with van der Waals surface area (Å²) in [6, 6.07) is 8.65. The first-order valence-corrected chi connectivity index (χ1v) is 9.16. The van der Waals surface area contributed by atoms with Crippen LogP contribution in [0.3, 0.4) is 0 Å². The van der Waals surface area contributed by atoms with Crippen LogP contribution in [0.1, 0.15) is 25.3 Å². The summed E-state index contributed by atoms with van der Waals surface area (Å²) in [4.78, 5) is 6.83. The number of hydrogen-bond acceptors (Lipinski definition) is 4. The molecule has 1 fully saturated rings. The maximum absolute atomic E-state index is 5.68. The Morgan fingerprint density at radius 2 is 2.16 bits per heavy atom. The quantitative estimate of drug-likeness (QED) is 0.527. The summed E-state index contributed by atoms with van der Waals surface area (Å²) >= 11 is 0. The molecule has 1 aliphatic heterocycles. The molecule has 0 radical (unpaired) electrons. The minimum atomic E-state index is 0.546. The van der Waals surface area contributed by atoms with Crippen LogP contribution in [-0.4, -0.2) is 63.9 Å². The van der Waals surface area contributed by atoms with Gasteiger partial charge in [-0.15, -0.1) is 0 Å². The molecular weight excluding hydrogens is 316 g/mol. The van der Waals surface area contributed by atoms with Crippen molar-refractivity contribution in [1.29, 1.82) is 0 Å². The van der Waals surface area contributed by atoms with Gasteiger partial charge in [-0.3, -0.25) is 9.89 Å². The SMILES string of the molecule is CCOc1ccccc1CNC(=NC)NCC1CCCN1CCOC. The number of guanidine groups is 1. The fourth-order valence-corrected chi connectivity index (χ4v) is 3.19. The molecule has 1 saturated heterocycles. The van der Waals surface area contributed by atoms with E-state index in [4.69, 9.17) is 9.47 Å². The Morgan fingerprint density at radius 1 is 1.32 bits per heavy atom. The molecule has 0 amide bonds. The molecule has 2 rings (SSSR count). The molecule has 0 aliphatic carbocycles. The van der Waals surface area contributed by atoms with E-state index in [1.54, 1.807) is 14.2 Å². The van der Waals surface area contributed by atoms with Crippen LogP contribution in [0.15, 0.2) is 29.3 Å². The molecule has 1 aliphatic rings. The average molecular weight is 348 g/mol. The van der Waals surface area contributed by atoms with Crippen molar-refractivity contribution >= 4 is 5.96 Å². The molecule has 1 aromatic carbocycles. The van der Waals surface area contributed by atoms with Gasteiger partial charge >= 0.3 is 0 Å². The highest BCUT2D eigenvalue weighted by molar-refractivity contribution is 5.79. The lowest BCUT2D eigenvalue weighted by molar-refractivity contribution is 0.141. The zero-order valence-electron chi connectivity index (χ0n) is 15.8.